The van der Waals surface area contributed by atoms with Gasteiger partial charge in [-0.1, -0.05) is 0 Å². The van der Waals surface area contributed by atoms with Crippen LogP contribution >= 0.6 is 24.0 Å². The Morgan fingerprint density at radius 1 is 1.41 bits per heavy atom. The topological polar surface area (TPSA) is 57.5 Å². The van der Waals surface area contributed by atoms with Crippen LogP contribution in [0, 0.1) is 5.92 Å². The monoisotopic (exact) mass is 418 g/mol. The zero-order valence-corrected chi connectivity index (χ0v) is 15.9. The van der Waals surface area contributed by atoms with E-state index in [1.165, 1.54) is 18.5 Å². The quantitative estimate of drug-likeness (QED) is 0.728. The Morgan fingerprint density at radius 2 is 2.23 bits per heavy atom. The van der Waals surface area contributed by atoms with E-state index in [1.54, 1.807) is 0 Å². The minimum atomic E-state index is 0. The van der Waals surface area contributed by atoms with Crippen LogP contribution in [0.3, 0.4) is 0 Å². The van der Waals surface area contributed by atoms with Gasteiger partial charge in [-0.2, -0.15) is 5.10 Å². The summed E-state index contributed by atoms with van der Waals surface area (Å²) in [6.45, 7) is 5.14. The summed E-state index contributed by atoms with van der Waals surface area (Å²) in [5, 5.41) is 11.2. The molecule has 0 radical (unpaired) electrons. The number of hydrogen-bond donors (Lipinski definition) is 2. The van der Waals surface area contributed by atoms with Crippen LogP contribution in [-0.2, 0) is 7.05 Å². The lowest BCUT2D eigenvalue weighted by molar-refractivity contribution is 0.116. The molecule has 7 heteroatoms. The van der Waals surface area contributed by atoms with Crippen LogP contribution in [0.5, 0.6) is 0 Å². The first-order valence-corrected chi connectivity index (χ1v) is 7.88. The number of likely N-dealkylation sites (tertiary alicyclic amines) is 1. The number of nitrogens with one attached hydrogen (secondary N) is 2. The smallest absolute Gasteiger partial charge is 0.191 e. The molecular formula is C15H27IN6. The van der Waals surface area contributed by atoms with Gasteiger partial charge in [-0.25, -0.2) is 0 Å². The fourth-order valence-corrected chi connectivity index (χ4v) is 3.50. The van der Waals surface area contributed by atoms with E-state index in [0.29, 0.717) is 18.0 Å². The second-order valence-electron chi connectivity index (χ2n) is 6.32. The van der Waals surface area contributed by atoms with Gasteiger partial charge in [0.2, 0.25) is 0 Å². The second kappa shape index (κ2) is 7.63. The molecule has 0 saturated carbocycles. The Hall–Kier alpha value is -0.830. The molecule has 0 aliphatic carbocycles. The summed E-state index contributed by atoms with van der Waals surface area (Å²) in [5.74, 6) is 1.54. The first-order valence-electron chi connectivity index (χ1n) is 7.88. The molecule has 2 N–H and O–H groups in total. The Kier molecular flexibility index (Phi) is 6.08. The fraction of sp³-hybridized carbons (Fsp3) is 0.733. The Labute approximate surface area is 149 Å². The number of aliphatic imine (C=N–C) groups is 1. The molecule has 0 spiro atoms. The van der Waals surface area contributed by atoms with Crippen molar-refractivity contribution in [2.24, 2.45) is 18.0 Å². The van der Waals surface area contributed by atoms with E-state index < -0.39 is 0 Å². The summed E-state index contributed by atoms with van der Waals surface area (Å²) < 4.78 is 2.01. The number of hydrogen-bond acceptors (Lipinski definition) is 5. The van der Waals surface area contributed by atoms with Gasteiger partial charge < -0.3 is 10.6 Å². The predicted molar refractivity (Wildman–Crippen MR) is 99.6 cm³/mol. The highest BCUT2D eigenvalue weighted by Gasteiger charge is 2.32. The molecule has 3 atom stereocenters. The molecule has 2 aliphatic rings. The van der Waals surface area contributed by atoms with Gasteiger partial charge in [-0.05, 0) is 45.3 Å². The van der Waals surface area contributed by atoms with Gasteiger partial charge in [0.25, 0.3) is 0 Å². The van der Waals surface area contributed by atoms with Gasteiger partial charge in [0.1, 0.15) is 0 Å². The number of guanidine groups is 1. The molecular weight excluding hydrogens is 391 g/mol. The molecule has 0 bridgehead atoms. The van der Waals surface area contributed by atoms with Crippen molar-refractivity contribution in [3.05, 3.63) is 18.0 Å². The molecule has 3 rings (SSSR count). The minimum absolute atomic E-state index is 0. The van der Waals surface area contributed by atoms with Crippen molar-refractivity contribution in [3.8, 4) is 0 Å². The van der Waals surface area contributed by atoms with Crippen LogP contribution in [0.4, 0.5) is 0 Å². The van der Waals surface area contributed by atoms with Gasteiger partial charge in [0, 0.05) is 25.8 Å². The zero-order chi connectivity index (χ0) is 14.8. The first kappa shape index (κ1) is 17.5. The molecule has 1 aromatic rings. The van der Waals surface area contributed by atoms with Crippen LogP contribution in [-0.4, -0.2) is 53.4 Å². The average Bonchev–Trinajstić information content (AvgIpc) is 3.05. The lowest BCUT2D eigenvalue weighted by atomic mass is 9.87. The maximum atomic E-state index is 4.49. The van der Waals surface area contributed by atoms with Crippen LogP contribution in [0.1, 0.15) is 31.5 Å². The molecule has 124 valence electrons. The molecule has 1 fully saturated rings. The van der Waals surface area contributed by atoms with E-state index >= 15 is 0 Å². The lowest BCUT2D eigenvalue weighted by Crippen LogP contribution is -2.45. The number of aromatic nitrogens is 2. The molecule has 6 nitrogen and oxygen atoms in total. The Morgan fingerprint density at radius 3 is 2.86 bits per heavy atom. The number of halogens is 1. The van der Waals surface area contributed by atoms with Crippen molar-refractivity contribution in [1.29, 1.82) is 0 Å². The fourth-order valence-electron chi connectivity index (χ4n) is 3.50. The number of piperidine rings is 1. The van der Waals surface area contributed by atoms with E-state index in [1.807, 2.05) is 17.9 Å². The van der Waals surface area contributed by atoms with Crippen molar-refractivity contribution >= 4 is 29.9 Å². The van der Waals surface area contributed by atoms with Crippen molar-refractivity contribution in [1.82, 2.24) is 25.3 Å². The SMILES string of the molecule is CC1CN=C(NC[C@@H]2CCCN(C)[C@H]2c2ccnn2C)N1.I. The molecule has 22 heavy (non-hydrogen) atoms. The summed E-state index contributed by atoms with van der Waals surface area (Å²) in [7, 11) is 4.25. The molecule has 3 heterocycles. The predicted octanol–water partition coefficient (Wildman–Crippen LogP) is 1.36. The summed E-state index contributed by atoms with van der Waals surface area (Å²) >= 11 is 0. The average molecular weight is 418 g/mol. The van der Waals surface area contributed by atoms with Gasteiger partial charge in [-0.3, -0.25) is 14.6 Å². The van der Waals surface area contributed by atoms with Crippen LogP contribution < -0.4 is 10.6 Å². The van der Waals surface area contributed by atoms with E-state index in [9.17, 15) is 0 Å². The molecule has 0 aromatic carbocycles. The summed E-state index contributed by atoms with van der Waals surface area (Å²) in [6.07, 6.45) is 4.40. The largest absolute Gasteiger partial charge is 0.356 e. The van der Waals surface area contributed by atoms with Crippen molar-refractivity contribution in [2.75, 3.05) is 26.7 Å². The molecule has 1 aromatic heterocycles. The Balaban J connectivity index is 0.00000176. The highest BCUT2D eigenvalue weighted by Crippen LogP contribution is 2.34. The third kappa shape index (κ3) is 3.73. The lowest BCUT2D eigenvalue weighted by Gasteiger charge is -2.39. The van der Waals surface area contributed by atoms with Crippen molar-refractivity contribution < 1.29 is 0 Å². The highest BCUT2D eigenvalue weighted by atomic mass is 127. The maximum absolute atomic E-state index is 4.49. The van der Waals surface area contributed by atoms with Gasteiger partial charge >= 0.3 is 0 Å². The van der Waals surface area contributed by atoms with E-state index in [0.717, 1.165) is 25.6 Å². The van der Waals surface area contributed by atoms with Crippen LogP contribution in [0.15, 0.2) is 17.3 Å². The van der Waals surface area contributed by atoms with Crippen molar-refractivity contribution in [2.45, 2.75) is 31.8 Å². The second-order valence-corrected chi connectivity index (χ2v) is 6.32. The van der Waals surface area contributed by atoms with Crippen LogP contribution in [0.2, 0.25) is 0 Å². The summed E-state index contributed by atoms with van der Waals surface area (Å²) in [4.78, 5) is 6.95. The van der Waals surface area contributed by atoms with Gasteiger partial charge in [-0.15, -0.1) is 24.0 Å². The van der Waals surface area contributed by atoms with E-state index in [-0.39, 0.29) is 24.0 Å². The molecule has 2 aliphatic heterocycles. The minimum Gasteiger partial charge on any atom is -0.356 e. The standard InChI is InChI=1S/C15H26N6.HI/c1-11-9-16-15(19-11)17-10-12-5-4-8-20(2)14(12)13-6-7-18-21(13)3;/h6-7,11-12,14H,4-5,8-10H2,1-3H3,(H2,16,17,19);1H/t11?,12-,14+;/m0./s1. The van der Waals surface area contributed by atoms with Gasteiger partial charge in [0.05, 0.1) is 18.3 Å². The third-order valence-electron chi connectivity index (χ3n) is 4.61. The Bertz CT molecular complexity index is 514. The molecule has 0 amide bonds. The van der Waals surface area contributed by atoms with Crippen molar-refractivity contribution in [3.63, 3.8) is 0 Å². The summed E-state index contributed by atoms with van der Waals surface area (Å²) in [6, 6.07) is 3.03. The van der Waals surface area contributed by atoms with E-state index in [2.05, 4.69) is 45.7 Å². The number of aryl methyl sites for hydroxylation is 1. The zero-order valence-electron chi connectivity index (χ0n) is 13.6. The van der Waals surface area contributed by atoms with E-state index in [4.69, 9.17) is 0 Å². The third-order valence-corrected chi connectivity index (χ3v) is 4.61. The normalized spacial score (nSPS) is 28.7. The maximum Gasteiger partial charge on any atom is 0.191 e. The first-order chi connectivity index (χ1) is 10.1. The highest BCUT2D eigenvalue weighted by molar-refractivity contribution is 14.0. The van der Waals surface area contributed by atoms with Gasteiger partial charge in [0.15, 0.2) is 5.96 Å². The molecule has 1 unspecified atom stereocenters. The molecule has 1 saturated heterocycles. The number of rotatable bonds is 3. The van der Waals surface area contributed by atoms with Crippen LogP contribution in [0.25, 0.3) is 0 Å². The summed E-state index contributed by atoms with van der Waals surface area (Å²) in [5.41, 5.74) is 1.30. The number of nitrogens with zero attached hydrogens (tertiary/aromatic N) is 4.